The molecule has 5 nitrogen and oxygen atoms in total. The Kier molecular flexibility index (Phi) is 6.14. The van der Waals surface area contributed by atoms with Gasteiger partial charge in [-0.3, -0.25) is 4.79 Å². The summed E-state index contributed by atoms with van der Waals surface area (Å²) in [6.45, 7) is 1.14. The third-order valence-electron chi connectivity index (χ3n) is 4.51. The van der Waals surface area contributed by atoms with Crippen LogP contribution in [0.4, 0.5) is 4.39 Å². The molecule has 1 aliphatic heterocycles. The lowest BCUT2D eigenvalue weighted by Crippen LogP contribution is -2.29. The average molecular weight is 411 g/mol. The van der Waals surface area contributed by atoms with Gasteiger partial charge in [0.05, 0.1) is 5.02 Å². The number of nitrogens with one attached hydrogen (secondary N) is 1. The summed E-state index contributed by atoms with van der Waals surface area (Å²) in [4.78, 5) is 12.3. The van der Waals surface area contributed by atoms with Gasteiger partial charge in [-0.2, -0.15) is 4.31 Å². The summed E-state index contributed by atoms with van der Waals surface area (Å²) in [6.07, 6.45) is 1.96. The zero-order valence-electron chi connectivity index (χ0n) is 14.6. The first-order chi connectivity index (χ1) is 12.9. The highest BCUT2D eigenvalue weighted by atomic mass is 35.5. The number of sulfonamides is 1. The maximum absolute atomic E-state index is 13.6. The van der Waals surface area contributed by atoms with Crippen LogP contribution in [0, 0.1) is 5.82 Å². The van der Waals surface area contributed by atoms with Gasteiger partial charge in [0.1, 0.15) is 10.7 Å². The fourth-order valence-corrected chi connectivity index (χ4v) is 5.04. The Morgan fingerprint density at radius 1 is 1.15 bits per heavy atom. The molecule has 1 fully saturated rings. The third kappa shape index (κ3) is 4.48. The van der Waals surface area contributed by atoms with Crippen molar-refractivity contribution in [1.29, 1.82) is 0 Å². The molecule has 1 N–H and O–H groups in total. The van der Waals surface area contributed by atoms with E-state index in [2.05, 4.69) is 5.32 Å². The van der Waals surface area contributed by atoms with Gasteiger partial charge in [0.25, 0.3) is 5.91 Å². The van der Waals surface area contributed by atoms with Crippen LogP contribution in [-0.2, 0) is 16.4 Å². The van der Waals surface area contributed by atoms with Crippen LogP contribution >= 0.6 is 11.6 Å². The normalized spacial score (nSPS) is 15.0. The van der Waals surface area contributed by atoms with Gasteiger partial charge in [0.15, 0.2) is 0 Å². The Balaban J connectivity index is 1.71. The van der Waals surface area contributed by atoms with Crippen LogP contribution in [0.15, 0.2) is 47.4 Å². The minimum atomic E-state index is -3.72. The molecule has 1 saturated heterocycles. The molecule has 2 aromatic carbocycles. The van der Waals surface area contributed by atoms with Crippen LogP contribution in [0.5, 0.6) is 0 Å². The number of benzene rings is 2. The third-order valence-corrected chi connectivity index (χ3v) is 6.89. The van der Waals surface area contributed by atoms with Crippen LogP contribution < -0.4 is 5.32 Å². The molecule has 27 heavy (non-hydrogen) atoms. The summed E-state index contributed by atoms with van der Waals surface area (Å²) in [5, 5.41) is 2.77. The number of hydrogen-bond donors (Lipinski definition) is 1. The molecular formula is C19H20ClFN2O3S. The van der Waals surface area contributed by atoms with Gasteiger partial charge in [-0.05, 0) is 49.1 Å². The van der Waals surface area contributed by atoms with Crippen molar-refractivity contribution >= 4 is 27.5 Å². The van der Waals surface area contributed by atoms with E-state index < -0.39 is 15.9 Å². The summed E-state index contributed by atoms with van der Waals surface area (Å²) in [5.74, 6) is -0.752. The van der Waals surface area contributed by atoms with Crippen molar-refractivity contribution in [2.45, 2.75) is 24.2 Å². The molecule has 1 aliphatic rings. The Morgan fingerprint density at radius 2 is 1.85 bits per heavy atom. The van der Waals surface area contributed by atoms with Gasteiger partial charge in [0, 0.05) is 25.2 Å². The van der Waals surface area contributed by atoms with Crippen LogP contribution in [-0.4, -0.2) is 38.3 Å². The van der Waals surface area contributed by atoms with Crippen molar-refractivity contribution in [1.82, 2.24) is 9.62 Å². The lowest BCUT2D eigenvalue weighted by Gasteiger charge is -2.17. The molecule has 0 bridgehead atoms. The minimum absolute atomic E-state index is 0.0622. The lowest BCUT2D eigenvalue weighted by molar-refractivity contribution is 0.0954. The second kappa shape index (κ2) is 8.37. The van der Waals surface area contributed by atoms with E-state index in [0.29, 0.717) is 25.1 Å². The molecule has 0 radical (unpaired) electrons. The van der Waals surface area contributed by atoms with Gasteiger partial charge in [0.2, 0.25) is 10.0 Å². The standard InChI is InChI=1S/C19H20ClFN2O3S/c20-16-8-7-15(13-18(16)27(25,26)23-11-3-4-12-23)19(24)22-10-9-14-5-1-2-6-17(14)21/h1-2,5-8,13H,3-4,9-12H2,(H,22,24). The van der Waals surface area contributed by atoms with Crippen molar-refractivity contribution in [3.05, 3.63) is 64.4 Å². The molecule has 0 spiro atoms. The molecule has 0 unspecified atom stereocenters. The van der Waals surface area contributed by atoms with Gasteiger partial charge in [-0.15, -0.1) is 0 Å². The smallest absolute Gasteiger partial charge is 0.251 e. The minimum Gasteiger partial charge on any atom is -0.352 e. The van der Waals surface area contributed by atoms with Crippen LogP contribution in [0.3, 0.4) is 0 Å². The van der Waals surface area contributed by atoms with Crippen molar-refractivity contribution < 1.29 is 17.6 Å². The van der Waals surface area contributed by atoms with E-state index in [1.807, 2.05) is 0 Å². The topological polar surface area (TPSA) is 66.5 Å². The van der Waals surface area contributed by atoms with Gasteiger partial charge < -0.3 is 5.32 Å². The maximum Gasteiger partial charge on any atom is 0.251 e. The number of nitrogens with zero attached hydrogens (tertiary/aromatic N) is 1. The monoisotopic (exact) mass is 410 g/mol. The van der Waals surface area contributed by atoms with Gasteiger partial charge in [-0.25, -0.2) is 12.8 Å². The van der Waals surface area contributed by atoms with Crippen molar-refractivity contribution in [2.75, 3.05) is 19.6 Å². The van der Waals surface area contributed by atoms with Crippen LogP contribution in [0.2, 0.25) is 5.02 Å². The molecule has 1 amide bonds. The fraction of sp³-hybridized carbons (Fsp3) is 0.316. The molecular weight excluding hydrogens is 391 g/mol. The molecule has 1 heterocycles. The first kappa shape index (κ1) is 19.8. The number of rotatable bonds is 6. The van der Waals surface area contributed by atoms with E-state index in [1.165, 1.54) is 28.6 Å². The van der Waals surface area contributed by atoms with E-state index in [9.17, 15) is 17.6 Å². The predicted octanol–water partition coefficient (Wildman–Crippen LogP) is 3.24. The summed E-state index contributed by atoms with van der Waals surface area (Å²) < 4.78 is 40.5. The molecule has 8 heteroatoms. The van der Waals surface area contributed by atoms with Crippen molar-refractivity contribution in [3.8, 4) is 0 Å². The van der Waals surface area contributed by atoms with Crippen molar-refractivity contribution in [2.24, 2.45) is 0 Å². The van der Waals surface area contributed by atoms with E-state index in [4.69, 9.17) is 11.6 Å². The van der Waals surface area contributed by atoms with E-state index in [-0.39, 0.29) is 27.8 Å². The summed E-state index contributed by atoms with van der Waals surface area (Å²) in [6, 6.07) is 10.5. The highest BCUT2D eigenvalue weighted by molar-refractivity contribution is 7.89. The zero-order chi connectivity index (χ0) is 19.4. The summed E-state index contributed by atoms with van der Waals surface area (Å²) in [5.41, 5.74) is 0.705. The van der Waals surface area contributed by atoms with Crippen molar-refractivity contribution in [3.63, 3.8) is 0 Å². The fourth-order valence-electron chi connectivity index (χ4n) is 3.02. The highest BCUT2D eigenvalue weighted by Crippen LogP contribution is 2.28. The van der Waals surface area contributed by atoms with Crippen LogP contribution in [0.25, 0.3) is 0 Å². The van der Waals surface area contributed by atoms with E-state index in [0.717, 1.165) is 12.8 Å². The SMILES string of the molecule is O=C(NCCc1ccccc1F)c1ccc(Cl)c(S(=O)(=O)N2CCCC2)c1. The predicted molar refractivity (Wildman–Crippen MR) is 102 cm³/mol. The lowest BCUT2D eigenvalue weighted by atomic mass is 10.1. The number of halogens is 2. The number of hydrogen-bond acceptors (Lipinski definition) is 3. The Labute approximate surface area is 163 Å². The van der Waals surface area contributed by atoms with Gasteiger partial charge >= 0.3 is 0 Å². The molecule has 0 saturated carbocycles. The zero-order valence-corrected chi connectivity index (χ0v) is 16.2. The second-order valence-corrected chi connectivity index (χ2v) is 8.67. The second-order valence-electron chi connectivity index (χ2n) is 6.35. The maximum atomic E-state index is 13.6. The number of amides is 1. The van der Waals surface area contributed by atoms with E-state index >= 15 is 0 Å². The average Bonchev–Trinajstić information content (AvgIpc) is 3.19. The first-order valence-electron chi connectivity index (χ1n) is 8.71. The Bertz CT molecular complexity index is 944. The quantitative estimate of drug-likeness (QED) is 0.795. The highest BCUT2D eigenvalue weighted by Gasteiger charge is 2.29. The molecule has 0 aliphatic carbocycles. The molecule has 0 atom stereocenters. The Morgan fingerprint density at radius 3 is 2.56 bits per heavy atom. The number of carbonyl (C=O) groups is 1. The number of carbonyl (C=O) groups excluding carboxylic acids is 1. The van der Waals surface area contributed by atoms with Gasteiger partial charge in [-0.1, -0.05) is 29.8 Å². The molecule has 0 aromatic heterocycles. The molecule has 2 aromatic rings. The molecule has 3 rings (SSSR count). The van der Waals surface area contributed by atoms with Crippen LogP contribution in [0.1, 0.15) is 28.8 Å². The summed E-state index contributed by atoms with van der Waals surface area (Å²) >= 11 is 6.09. The molecule has 144 valence electrons. The van der Waals surface area contributed by atoms with E-state index in [1.54, 1.807) is 18.2 Å². The summed E-state index contributed by atoms with van der Waals surface area (Å²) in [7, 11) is -3.72. The Hall–Kier alpha value is -1.96. The largest absolute Gasteiger partial charge is 0.352 e. The first-order valence-corrected chi connectivity index (χ1v) is 10.5.